The van der Waals surface area contributed by atoms with Crippen LogP contribution in [0.15, 0.2) is 29.3 Å². The Bertz CT molecular complexity index is 660. The summed E-state index contributed by atoms with van der Waals surface area (Å²) in [7, 11) is 0. The highest BCUT2D eigenvalue weighted by Gasteiger charge is 2.20. The van der Waals surface area contributed by atoms with Crippen LogP contribution in [0.5, 0.6) is 0 Å². The summed E-state index contributed by atoms with van der Waals surface area (Å²) in [5.41, 5.74) is 1.84. The maximum atomic E-state index is 12.4. The molecule has 0 radical (unpaired) electrons. The van der Waals surface area contributed by atoms with Gasteiger partial charge in [-0.15, -0.1) is 24.0 Å². The first-order chi connectivity index (χ1) is 14.6. The number of guanidine groups is 1. The largest absolute Gasteiger partial charge is 0.357 e. The molecule has 2 rings (SSSR count). The standard InChI is InChI=1S/C24H41N5O.HI/c1-5-22-11-9-10-17-29(22)18-16-26-24(25-6-2)27-19-20-12-14-21(15-13-20)23(30)28(7-3)8-4;/h12-15,22H,5-11,16-19H2,1-4H3,(H2,25,26,27);1H. The molecule has 1 heterocycles. The van der Waals surface area contributed by atoms with E-state index in [9.17, 15) is 4.79 Å². The predicted octanol–water partition coefficient (Wildman–Crippen LogP) is 4.11. The normalized spacial score (nSPS) is 17.0. The molecule has 31 heavy (non-hydrogen) atoms. The minimum absolute atomic E-state index is 0. The molecule has 2 N–H and O–H groups in total. The monoisotopic (exact) mass is 543 g/mol. The topological polar surface area (TPSA) is 60.0 Å². The molecule has 176 valence electrons. The number of hydrogen-bond donors (Lipinski definition) is 2. The molecule has 0 aliphatic carbocycles. The Morgan fingerprint density at radius 1 is 1.10 bits per heavy atom. The van der Waals surface area contributed by atoms with Gasteiger partial charge >= 0.3 is 0 Å². The molecule has 1 atom stereocenters. The number of carbonyl (C=O) groups excluding carboxylic acids is 1. The number of piperidine rings is 1. The Balaban J connectivity index is 0.00000480. The molecule has 1 amide bonds. The highest BCUT2D eigenvalue weighted by molar-refractivity contribution is 14.0. The van der Waals surface area contributed by atoms with Gasteiger partial charge in [-0.05, 0) is 64.3 Å². The van der Waals surface area contributed by atoms with Crippen LogP contribution in [0, 0.1) is 0 Å². The lowest BCUT2D eigenvalue weighted by Crippen LogP contribution is -2.45. The summed E-state index contributed by atoms with van der Waals surface area (Å²) in [6.07, 6.45) is 5.25. The van der Waals surface area contributed by atoms with Gasteiger partial charge in [0.1, 0.15) is 0 Å². The Morgan fingerprint density at radius 2 is 1.81 bits per heavy atom. The minimum Gasteiger partial charge on any atom is -0.357 e. The lowest BCUT2D eigenvalue weighted by atomic mass is 10.0. The summed E-state index contributed by atoms with van der Waals surface area (Å²) in [5.74, 6) is 0.944. The molecule has 1 saturated heterocycles. The highest BCUT2D eigenvalue weighted by atomic mass is 127. The van der Waals surface area contributed by atoms with E-state index in [1.165, 1.54) is 32.2 Å². The zero-order valence-electron chi connectivity index (χ0n) is 19.8. The van der Waals surface area contributed by atoms with Crippen LogP contribution < -0.4 is 10.6 Å². The highest BCUT2D eigenvalue weighted by Crippen LogP contribution is 2.18. The van der Waals surface area contributed by atoms with Crippen LogP contribution in [0.2, 0.25) is 0 Å². The average molecular weight is 544 g/mol. The number of carbonyl (C=O) groups is 1. The molecular weight excluding hydrogens is 501 g/mol. The third kappa shape index (κ3) is 8.96. The van der Waals surface area contributed by atoms with Crippen molar-refractivity contribution in [2.45, 2.75) is 66.0 Å². The molecule has 0 spiro atoms. The Morgan fingerprint density at radius 3 is 2.42 bits per heavy atom. The molecule has 0 saturated carbocycles. The summed E-state index contributed by atoms with van der Waals surface area (Å²) in [6, 6.07) is 8.56. The maximum Gasteiger partial charge on any atom is 0.253 e. The number of benzene rings is 1. The fourth-order valence-corrected chi connectivity index (χ4v) is 4.09. The third-order valence-corrected chi connectivity index (χ3v) is 5.93. The lowest BCUT2D eigenvalue weighted by Gasteiger charge is -2.35. The van der Waals surface area contributed by atoms with Crippen LogP contribution in [0.3, 0.4) is 0 Å². The molecule has 7 heteroatoms. The Hall–Kier alpha value is -1.35. The van der Waals surface area contributed by atoms with Gasteiger partial charge in [-0.25, -0.2) is 4.99 Å². The van der Waals surface area contributed by atoms with E-state index in [1.807, 2.05) is 43.0 Å². The van der Waals surface area contributed by atoms with Gasteiger partial charge in [-0.2, -0.15) is 0 Å². The van der Waals surface area contributed by atoms with Gasteiger partial charge in [-0.3, -0.25) is 9.69 Å². The number of nitrogens with zero attached hydrogens (tertiary/aromatic N) is 3. The van der Waals surface area contributed by atoms with Gasteiger partial charge in [0.25, 0.3) is 5.91 Å². The van der Waals surface area contributed by atoms with E-state index in [1.54, 1.807) is 0 Å². The molecule has 6 nitrogen and oxygen atoms in total. The summed E-state index contributed by atoms with van der Waals surface area (Å²) >= 11 is 0. The third-order valence-electron chi connectivity index (χ3n) is 5.93. The van der Waals surface area contributed by atoms with E-state index in [4.69, 9.17) is 4.99 Å². The van der Waals surface area contributed by atoms with Gasteiger partial charge in [0.05, 0.1) is 6.54 Å². The molecule has 1 aromatic carbocycles. The molecule has 0 bridgehead atoms. The zero-order valence-corrected chi connectivity index (χ0v) is 22.2. The van der Waals surface area contributed by atoms with Crippen molar-refractivity contribution in [2.75, 3.05) is 39.3 Å². The van der Waals surface area contributed by atoms with Gasteiger partial charge in [0.2, 0.25) is 0 Å². The molecule has 0 aromatic heterocycles. The maximum absolute atomic E-state index is 12.4. The van der Waals surface area contributed by atoms with Crippen molar-refractivity contribution in [1.29, 1.82) is 0 Å². The first-order valence-corrected chi connectivity index (χ1v) is 11.8. The van der Waals surface area contributed by atoms with Crippen molar-refractivity contribution in [3.05, 3.63) is 35.4 Å². The number of amides is 1. The van der Waals surface area contributed by atoms with Crippen molar-refractivity contribution in [2.24, 2.45) is 4.99 Å². The first-order valence-electron chi connectivity index (χ1n) is 11.8. The van der Waals surface area contributed by atoms with E-state index >= 15 is 0 Å². The average Bonchev–Trinajstić information content (AvgIpc) is 2.78. The van der Waals surface area contributed by atoms with Crippen molar-refractivity contribution < 1.29 is 4.79 Å². The molecule has 1 unspecified atom stereocenters. The van der Waals surface area contributed by atoms with Gasteiger partial charge in [0.15, 0.2) is 5.96 Å². The van der Waals surface area contributed by atoms with Crippen LogP contribution in [0.25, 0.3) is 0 Å². The summed E-state index contributed by atoms with van der Waals surface area (Å²) in [4.78, 5) is 21.6. The SMILES string of the molecule is CCNC(=NCc1ccc(C(=O)N(CC)CC)cc1)NCCN1CCCCC1CC.I. The van der Waals surface area contributed by atoms with E-state index in [0.29, 0.717) is 6.54 Å². The second-order valence-electron chi connectivity index (χ2n) is 7.89. The van der Waals surface area contributed by atoms with Crippen molar-refractivity contribution in [3.63, 3.8) is 0 Å². The number of nitrogens with one attached hydrogen (secondary N) is 2. The fraction of sp³-hybridized carbons (Fsp3) is 0.667. The Labute approximate surface area is 206 Å². The first kappa shape index (κ1) is 27.7. The smallest absolute Gasteiger partial charge is 0.253 e. The number of halogens is 1. The summed E-state index contributed by atoms with van der Waals surface area (Å²) in [6.45, 7) is 14.5. The van der Waals surface area contributed by atoms with Gasteiger partial charge in [0, 0.05) is 44.3 Å². The van der Waals surface area contributed by atoms with Crippen LogP contribution in [0.4, 0.5) is 0 Å². The van der Waals surface area contributed by atoms with E-state index in [2.05, 4.69) is 29.4 Å². The van der Waals surface area contributed by atoms with Crippen LogP contribution in [0.1, 0.15) is 69.3 Å². The van der Waals surface area contributed by atoms with E-state index in [0.717, 1.165) is 55.9 Å². The number of likely N-dealkylation sites (tertiary alicyclic amines) is 1. The number of rotatable bonds is 10. The summed E-state index contributed by atoms with van der Waals surface area (Å²) < 4.78 is 0. The van der Waals surface area contributed by atoms with Gasteiger partial charge in [-0.1, -0.05) is 25.5 Å². The molecule has 1 aliphatic heterocycles. The molecule has 1 aromatic rings. The fourth-order valence-electron chi connectivity index (χ4n) is 4.09. The molecular formula is C24H42IN5O. The minimum atomic E-state index is 0. The van der Waals surface area contributed by atoms with Crippen molar-refractivity contribution in [1.82, 2.24) is 20.4 Å². The van der Waals surface area contributed by atoms with Crippen LogP contribution in [-0.4, -0.2) is 67.0 Å². The van der Waals surface area contributed by atoms with Crippen LogP contribution in [-0.2, 0) is 6.54 Å². The van der Waals surface area contributed by atoms with Crippen molar-refractivity contribution in [3.8, 4) is 0 Å². The van der Waals surface area contributed by atoms with E-state index < -0.39 is 0 Å². The Kier molecular flexibility index (Phi) is 13.8. The summed E-state index contributed by atoms with van der Waals surface area (Å²) in [5, 5.41) is 6.81. The second kappa shape index (κ2) is 15.5. The van der Waals surface area contributed by atoms with Gasteiger partial charge < -0.3 is 15.5 Å². The second-order valence-corrected chi connectivity index (χ2v) is 7.89. The number of hydrogen-bond acceptors (Lipinski definition) is 3. The van der Waals surface area contributed by atoms with E-state index in [-0.39, 0.29) is 29.9 Å². The zero-order chi connectivity index (χ0) is 21.8. The quantitative estimate of drug-likeness (QED) is 0.265. The van der Waals surface area contributed by atoms with Crippen molar-refractivity contribution >= 4 is 35.8 Å². The molecule has 1 aliphatic rings. The molecule has 1 fully saturated rings. The lowest BCUT2D eigenvalue weighted by molar-refractivity contribution is 0.0773. The number of aliphatic imine (C=N–C) groups is 1. The predicted molar refractivity (Wildman–Crippen MR) is 141 cm³/mol. The van der Waals surface area contributed by atoms with Crippen LogP contribution >= 0.6 is 24.0 Å².